The van der Waals surface area contributed by atoms with Crippen molar-refractivity contribution in [2.75, 3.05) is 0 Å². The molecule has 0 radical (unpaired) electrons. The van der Waals surface area contributed by atoms with Gasteiger partial charge in [0.25, 0.3) is 0 Å². The molecule has 1 heterocycles. The van der Waals surface area contributed by atoms with Crippen LogP contribution in [0.1, 0.15) is 27.2 Å². The van der Waals surface area contributed by atoms with E-state index in [0.29, 0.717) is 0 Å². The first kappa shape index (κ1) is 7.39. The molecule has 0 atom stereocenters. The van der Waals surface area contributed by atoms with Crippen molar-refractivity contribution < 1.29 is 0 Å². The normalized spacial score (nSPS) is 22.9. The van der Waals surface area contributed by atoms with Gasteiger partial charge in [-0.15, -0.1) is 0 Å². The molecule has 0 aromatic rings. The highest BCUT2D eigenvalue weighted by Crippen LogP contribution is 2.17. The van der Waals surface area contributed by atoms with Crippen LogP contribution in [0, 0.1) is 0 Å². The molecule has 0 aromatic carbocycles. The number of hydrogen-bond acceptors (Lipinski definition) is 1. The van der Waals surface area contributed by atoms with E-state index in [9.17, 15) is 0 Å². The first-order valence-electron chi connectivity index (χ1n) is 3.70. The number of allylic oxidation sites excluding steroid dienone is 2. The SMILES string of the molecule is CC1=CC=CNC(C)(C)C1. The molecular formula is C9H15N. The maximum atomic E-state index is 3.32. The van der Waals surface area contributed by atoms with Gasteiger partial charge in [-0.25, -0.2) is 0 Å². The molecule has 1 N–H and O–H groups in total. The van der Waals surface area contributed by atoms with Gasteiger partial charge in [0.05, 0.1) is 0 Å². The summed E-state index contributed by atoms with van der Waals surface area (Å²) in [5, 5.41) is 3.32. The first-order valence-corrected chi connectivity index (χ1v) is 3.70. The van der Waals surface area contributed by atoms with Gasteiger partial charge in [-0.2, -0.15) is 0 Å². The van der Waals surface area contributed by atoms with Crippen LogP contribution in [-0.4, -0.2) is 5.54 Å². The lowest BCUT2D eigenvalue weighted by Gasteiger charge is -2.24. The fourth-order valence-electron chi connectivity index (χ4n) is 1.29. The molecule has 0 bridgehead atoms. The minimum absolute atomic E-state index is 0.230. The molecule has 0 saturated carbocycles. The molecule has 56 valence electrons. The lowest BCUT2D eigenvalue weighted by Crippen LogP contribution is -2.34. The van der Waals surface area contributed by atoms with Crippen molar-refractivity contribution in [1.29, 1.82) is 0 Å². The Morgan fingerprint density at radius 2 is 2.20 bits per heavy atom. The summed E-state index contributed by atoms with van der Waals surface area (Å²) in [5.41, 5.74) is 1.67. The van der Waals surface area contributed by atoms with Crippen LogP contribution in [0.5, 0.6) is 0 Å². The summed E-state index contributed by atoms with van der Waals surface area (Å²) in [5.74, 6) is 0. The number of hydrogen-bond donors (Lipinski definition) is 1. The molecule has 1 nitrogen and oxygen atoms in total. The Balaban J connectivity index is 2.72. The molecular weight excluding hydrogens is 122 g/mol. The van der Waals surface area contributed by atoms with Crippen LogP contribution in [0.3, 0.4) is 0 Å². The van der Waals surface area contributed by atoms with Crippen LogP contribution in [0.15, 0.2) is 23.9 Å². The zero-order valence-corrected chi connectivity index (χ0v) is 6.94. The quantitative estimate of drug-likeness (QED) is 0.540. The predicted molar refractivity (Wildman–Crippen MR) is 44.7 cm³/mol. The molecule has 1 aliphatic rings. The minimum atomic E-state index is 0.230. The van der Waals surface area contributed by atoms with Crippen LogP contribution >= 0.6 is 0 Å². The average Bonchev–Trinajstić information content (AvgIpc) is 1.90. The van der Waals surface area contributed by atoms with Crippen molar-refractivity contribution >= 4 is 0 Å². The first-order chi connectivity index (χ1) is 4.60. The van der Waals surface area contributed by atoms with Gasteiger partial charge in [0.15, 0.2) is 0 Å². The van der Waals surface area contributed by atoms with E-state index < -0.39 is 0 Å². The van der Waals surface area contributed by atoms with Crippen LogP contribution in [0.4, 0.5) is 0 Å². The average molecular weight is 137 g/mol. The van der Waals surface area contributed by atoms with Crippen LogP contribution in [-0.2, 0) is 0 Å². The Morgan fingerprint density at radius 1 is 1.50 bits per heavy atom. The number of rotatable bonds is 0. The Kier molecular flexibility index (Phi) is 1.84. The van der Waals surface area contributed by atoms with E-state index in [1.165, 1.54) is 5.57 Å². The van der Waals surface area contributed by atoms with E-state index in [4.69, 9.17) is 0 Å². The molecule has 0 spiro atoms. The van der Waals surface area contributed by atoms with Crippen molar-refractivity contribution in [2.45, 2.75) is 32.7 Å². The zero-order chi connectivity index (χ0) is 7.61. The smallest absolute Gasteiger partial charge is 0.0349 e. The third-order valence-electron chi connectivity index (χ3n) is 1.67. The van der Waals surface area contributed by atoms with Crippen molar-refractivity contribution in [2.24, 2.45) is 0 Å². The summed E-state index contributed by atoms with van der Waals surface area (Å²) < 4.78 is 0. The van der Waals surface area contributed by atoms with Crippen molar-refractivity contribution in [1.82, 2.24) is 5.32 Å². The third kappa shape index (κ3) is 1.90. The van der Waals surface area contributed by atoms with Gasteiger partial charge >= 0.3 is 0 Å². The van der Waals surface area contributed by atoms with E-state index in [1.807, 2.05) is 6.20 Å². The van der Waals surface area contributed by atoms with Gasteiger partial charge in [-0.05, 0) is 39.5 Å². The molecule has 0 saturated heterocycles. The van der Waals surface area contributed by atoms with E-state index in [2.05, 4.69) is 38.2 Å². The van der Waals surface area contributed by atoms with Gasteiger partial charge in [0.1, 0.15) is 0 Å². The molecule has 0 amide bonds. The van der Waals surface area contributed by atoms with E-state index >= 15 is 0 Å². The Morgan fingerprint density at radius 3 is 2.90 bits per heavy atom. The third-order valence-corrected chi connectivity index (χ3v) is 1.67. The largest absolute Gasteiger partial charge is 0.386 e. The monoisotopic (exact) mass is 137 g/mol. The second kappa shape index (κ2) is 2.49. The second-order valence-corrected chi connectivity index (χ2v) is 3.58. The Hall–Kier alpha value is -0.720. The second-order valence-electron chi connectivity index (χ2n) is 3.58. The maximum absolute atomic E-state index is 3.32. The van der Waals surface area contributed by atoms with Crippen LogP contribution in [0.2, 0.25) is 0 Å². The topological polar surface area (TPSA) is 12.0 Å². The summed E-state index contributed by atoms with van der Waals surface area (Å²) in [4.78, 5) is 0. The highest BCUT2D eigenvalue weighted by molar-refractivity contribution is 5.16. The van der Waals surface area contributed by atoms with Gasteiger partial charge in [-0.1, -0.05) is 11.6 Å². The zero-order valence-electron chi connectivity index (χ0n) is 6.94. The van der Waals surface area contributed by atoms with E-state index in [0.717, 1.165) is 6.42 Å². The predicted octanol–water partition coefficient (Wildman–Crippen LogP) is 2.22. The Bertz CT molecular complexity index is 175. The fourth-order valence-corrected chi connectivity index (χ4v) is 1.29. The molecule has 0 unspecified atom stereocenters. The standard InChI is InChI=1S/C9H15N/c1-8-5-4-6-10-9(2,3)7-8/h4-6,10H,7H2,1-3H3. The molecule has 1 aliphatic heterocycles. The lowest BCUT2D eigenvalue weighted by molar-refractivity contribution is 0.442. The minimum Gasteiger partial charge on any atom is -0.386 e. The number of nitrogens with one attached hydrogen (secondary N) is 1. The van der Waals surface area contributed by atoms with Crippen molar-refractivity contribution in [3.05, 3.63) is 23.9 Å². The molecule has 0 fully saturated rings. The van der Waals surface area contributed by atoms with Gasteiger partial charge < -0.3 is 5.32 Å². The van der Waals surface area contributed by atoms with E-state index in [-0.39, 0.29) is 5.54 Å². The lowest BCUT2D eigenvalue weighted by atomic mass is 9.97. The van der Waals surface area contributed by atoms with E-state index in [1.54, 1.807) is 0 Å². The van der Waals surface area contributed by atoms with Gasteiger partial charge in [0, 0.05) is 5.54 Å². The summed E-state index contributed by atoms with van der Waals surface area (Å²) in [7, 11) is 0. The summed E-state index contributed by atoms with van der Waals surface area (Å²) in [6.45, 7) is 6.58. The highest BCUT2D eigenvalue weighted by atomic mass is 14.9. The van der Waals surface area contributed by atoms with Gasteiger partial charge in [0.2, 0.25) is 0 Å². The van der Waals surface area contributed by atoms with Crippen LogP contribution < -0.4 is 5.32 Å². The molecule has 1 heteroatoms. The fraction of sp³-hybridized carbons (Fsp3) is 0.556. The Labute approximate surface area is 62.8 Å². The van der Waals surface area contributed by atoms with Crippen molar-refractivity contribution in [3.8, 4) is 0 Å². The van der Waals surface area contributed by atoms with Crippen LogP contribution in [0.25, 0.3) is 0 Å². The molecule has 0 aromatic heterocycles. The van der Waals surface area contributed by atoms with Crippen molar-refractivity contribution in [3.63, 3.8) is 0 Å². The molecule has 10 heavy (non-hydrogen) atoms. The molecule has 0 aliphatic carbocycles. The maximum Gasteiger partial charge on any atom is 0.0349 e. The highest BCUT2D eigenvalue weighted by Gasteiger charge is 2.16. The molecule has 1 rings (SSSR count). The summed E-state index contributed by atoms with van der Waals surface area (Å²) in [6.07, 6.45) is 7.35. The summed E-state index contributed by atoms with van der Waals surface area (Å²) in [6, 6.07) is 0. The summed E-state index contributed by atoms with van der Waals surface area (Å²) >= 11 is 0. The van der Waals surface area contributed by atoms with Gasteiger partial charge in [-0.3, -0.25) is 0 Å².